The van der Waals surface area contributed by atoms with E-state index in [1.165, 1.54) is 0 Å². The molecule has 0 aliphatic heterocycles. The van der Waals surface area contributed by atoms with Gasteiger partial charge in [-0.2, -0.15) is 13.2 Å². The fourth-order valence-corrected chi connectivity index (χ4v) is 3.04. The number of nitrogens with one attached hydrogen (secondary N) is 1. The van der Waals surface area contributed by atoms with E-state index in [0.29, 0.717) is 10.4 Å². The molecular weight excluding hydrogens is 367 g/mol. The van der Waals surface area contributed by atoms with Crippen LogP contribution in [0.25, 0.3) is 10.8 Å². The maximum Gasteiger partial charge on any atom is 0.453 e. The zero-order valence-corrected chi connectivity index (χ0v) is 14.3. The topological polar surface area (TPSA) is 85.8 Å². The van der Waals surface area contributed by atoms with E-state index >= 15 is 0 Å². The monoisotopic (exact) mass is 381 g/mol. The van der Waals surface area contributed by atoms with Gasteiger partial charge in [0.05, 0.1) is 5.25 Å². The van der Waals surface area contributed by atoms with Gasteiger partial charge < -0.3 is 11.2 Å². The Morgan fingerprint density at radius 2 is 1.88 bits per heavy atom. The molecular formula is C16H14F3N5OS. The number of carbonyl (C=O) groups excluding carboxylic acids is 1. The van der Waals surface area contributed by atoms with Crippen molar-refractivity contribution in [1.29, 1.82) is 0 Å². The number of rotatable bonds is 4. The van der Waals surface area contributed by atoms with Crippen molar-refractivity contribution in [3.05, 3.63) is 48.3 Å². The van der Waals surface area contributed by atoms with Gasteiger partial charge in [-0.05, 0) is 29.8 Å². The molecule has 0 bridgehead atoms. The van der Waals surface area contributed by atoms with Crippen LogP contribution in [-0.4, -0.2) is 26.0 Å². The highest BCUT2D eigenvalue weighted by atomic mass is 32.2. The minimum absolute atomic E-state index is 0.196. The Hall–Kier alpha value is -2.75. The highest BCUT2D eigenvalue weighted by molar-refractivity contribution is 8.00. The van der Waals surface area contributed by atoms with Gasteiger partial charge in [0.1, 0.15) is 0 Å². The zero-order valence-electron chi connectivity index (χ0n) is 13.5. The quantitative estimate of drug-likeness (QED) is 0.535. The molecule has 0 saturated carbocycles. The lowest BCUT2D eigenvalue weighted by atomic mass is 10.1. The first-order valence-electron chi connectivity index (χ1n) is 7.49. The van der Waals surface area contributed by atoms with Crippen molar-refractivity contribution in [2.75, 3.05) is 11.2 Å². The van der Waals surface area contributed by atoms with Crippen LogP contribution in [0, 0.1) is 0 Å². The number of thioether (sulfide) groups is 1. The molecule has 3 N–H and O–H groups in total. The zero-order chi connectivity index (χ0) is 18.9. The number of hydrogen-bond acceptors (Lipinski definition) is 5. The minimum Gasteiger partial charge on any atom is -0.335 e. The van der Waals surface area contributed by atoms with Crippen LogP contribution in [0.5, 0.6) is 0 Å². The van der Waals surface area contributed by atoms with Crippen LogP contribution in [0.3, 0.4) is 0 Å². The average Bonchev–Trinajstić information content (AvgIpc) is 2.95. The predicted octanol–water partition coefficient (Wildman–Crippen LogP) is 3.28. The van der Waals surface area contributed by atoms with Gasteiger partial charge >= 0.3 is 6.18 Å². The lowest BCUT2D eigenvalue weighted by molar-refractivity contribution is -0.146. The lowest BCUT2D eigenvalue weighted by Crippen LogP contribution is -2.25. The van der Waals surface area contributed by atoms with E-state index in [1.807, 2.05) is 36.4 Å². The number of nitrogen functional groups attached to an aromatic ring is 1. The van der Waals surface area contributed by atoms with Crippen molar-refractivity contribution in [2.24, 2.45) is 0 Å². The van der Waals surface area contributed by atoms with Crippen molar-refractivity contribution in [3.8, 4) is 0 Å². The summed E-state index contributed by atoms with van der Waals surface area (Å²) in [5.74, 6) is 3.67. The Labute approximate surface area is 150 Å². The number of hydrogen-bond donors (Lipinski definition) is 2. The molecule has 0 unspecified atom stereocenters. The standard InChI is InChI=1S/C16H14F3N5OS/c1-9(26-15-23-22-14(24(15)20)16(17,18)19)13(25)21-12-7-6-10-4-2-3-5-11(10)8-12/h2-9H,20H2,1H3,(H,21,25)/t9-/m1/s1. The first kappa shape index (κ1) is 18.1. The predicted molar refractivity (Wildman–Crippen MR) is 93.1 cm³/mol. The highest BCUT2D eigenvalue weighted by Gasteiger charge is 2.38. The maximum absolute atomic E-state index is 12.7. The number of benzene rings is 2. The SMILES string of the molecule is C[C@@H](Sc1nnc(C(F)(F)F)n1N)C(=O)Nc1ccc2ccccc2c1. The molecule has 0 spiro atoms. The third-order valence-electron chi connectivity index (χ3n) is 3.59. The molecule has 0 aliphatic carbocycles. The smallest absolute Gasteiger partial charge is 0.335 e. The third-order valence-corrected chi connectivity index (χ3v) is 4.64. The van der Waals surface area contributed by atoms with Crippen molar-refractivity contribution in [1.82, 2.24) is 14.9 Å². The van der Waals surface area contributed by atoms with Gasteiger partial charge in [0.15, 0.2) is 0 Å². The minimum atomic E-state index is -4.71. The molecule has 10 heteroatoms. The molecule has 6 nitrogen and oxygen atoms in total. The van der Waals surface area contributed by atoms with E-state index in [1.54, 1.807) is 13.0 Å². The number of fused-ring (bicyclic) bond motifs is 1. The van der Waals surface area contributed by atoms with Crippen LogP contribution in [0.1, 0.15) is 12.7 Å². The third kappa shape index (κ3) is 3.74. The van der Waals surface area contributed by atoms with E-state index in [0.717, 1.165) is 22.5 Å². The van der Waals surface area contributed by atoms with E-state index in [-0.39, 0.29) is 11.1 Å². The van der Waals surface area contributed by atoms with Crippen molar-refractivity contribution in [3.63, 3.8) is 0 Å². The summed E-state index contributed by atoms with van der Waals surface area (Å²) in [6.07, 6.45) is -4.71. The summed E-state index contributed by atoms with van der Waals surface area (Å²) in [6, 6.07) is 13.1. The Balaban J connectivity index is 1.70. The van der Waals surface area contributed by atoms with E-state index < -0.39 is 17.3 Å². The molecule has 0 saturated heterocycles. The molecule has 0 aliphatic rings. The Bertz CT molecular complexity index is 956. The van der Waals surface area contributed by atoms with E-state index in [2.05, 4.69) is 15.5 Å². The largest absolute Gasteiger partial charge is 0.453 e. The van der Waals surface area contributed by atoms with Crippen molar-refractivity contribution in [2.45, 2.75) is 23.5 Å². The second-order valence-corrected chi connectivity index (χ2v) is 6.79. The van der Waals surface area contributed by atoms with Crippen LogP contribution in [0.4, 0.5) is 18.9 Å². The van der Waals surface area contributed by atoms with E-state index in [9.17, 15) is 18.0 Å². The molecule has 136 valence electrons. The van der Waals surface area contributed by atoms with Crippen LogP contribution >= 0.6 is 11.8 Å². The molecule has 1 aromatic heterocycles. The van der Waals surface area contributed by atoms with Crippen LogP contribution < -0.4 is 11.2 Å². The van der Waals surface area contributed by atoms with Crippen LogP contribution in [0.2, 0.25) is 0 Å². The first-order chi connectivity index (χ1) is 12.3. The van der Waals surface area contributed by atoms with Gasteiger partial charge in [-0.15, -0.1) is 10.2 Å². The molecule has 1 heterocycles. The number of halogens is 3. The average molecular weight is 381 g/mol. The molecule has 1 atom stereocenters. The molecule has 0 fully saturated rings. The summed E-state index contributed by atoms with van der Waals surface area (Å²) in [5, 5.41) is 10.2. The fraction of sp³-hybridized carbons (Fsp3) is 0.188. The summed E-state index contributed by atoms with van der Waals surface area (Å²) >= 11 is 0.790. The molecule has 3 rings (SSSR count). The van der Waals surface area contributed by atoms with Crippen LogP contribution in [0.15, 0.2) is 47.6 Å². The lowest BCUT2D eigenvalue weighted by Gasteiger charge is -2.12. The molecule has 3 aromatic rings. The van der Waals surface area contributed by atoms with Gasteiger partial charge in [0, 0.05) is 5.69 Å². The number of aromatic nitrogens is 3. The first-order valence-corrected chi connectivity index (χ1v) is 8.37. The van der Waals surface area contributed by atoms with Gasteiger partial charge in [-0.25, -0.2) is 4.68 Å². The Morgan fingerprint density at radius 1 is 1.19 bits per heavy atom. The summed E-state index contributed by atoms with van der Waals surface area (Å²) < 4.78 is 38.4. The van der Waals surface area contributed by atoms with Gasteiger partial charge in [-0.1, -0.05) is 42.1 Å². The van der Waals surface area contributed by atoms with Crippen molar-refractivity contribution < 1.29 is 18.0 Å². The summed E-state index contributed by atoms with van der Waals surface area (Å²) in [4.78, 5) is 12.3. The summed E-state index contributed by atoms with van der Waals surface area (Å²) in [5.41, 5.74) is 0.589. The Kier molecular flexibility index (Phi) is 4.77. The van der Waals surface area contributed by atoms with Gasteiger partial charge in [0.2, 0.25) is 11.1 Å². The van der Waals surface area contributed by atoms with Crippen LogP contribution in [-0.2, 0) is 11.0 Å². The molecule has 0 radical (unpaired) electrons. The highest BCUT2D eigenvalue weighted by Crippen LogP contribution is 2.30. The fourth-order valence-electron chi connectivity index (χ4n) is 2.27. The number of anilines is 1. The molecule has 1 amide bonds. The number of amides is 1. The normalized spacial score (nSPS) is 12.9. The number of alkyl halides is 3. The summed E-state index contributed by atoms with van der Waals surface area (Å²) in [7, 11) is 0. The second kappa shape index (κ2) is 6.87. The second-order valence-electron chi connectivity index (χ2n) is 5.49. The molecule has 26 heavy (non-hydrogen) atoms. The van der Waals surface area contributed by atoms with Gasteiger partial charge in [-0.3, -0.25) is 4.79 Å². The van der Waals surface area contributed by atoms with Gasteiger partial charge in [0.25, 0.3) is 5.82 Å². The number of nitrogens with two attached hydrogens (primary N) is 1. The Morgan fingerprint density at radius 3 is 2.54 bits per heavy atom. The maximum atomic E-state index is 12.7. The molecule has 2 aromatic carbocycles. The number of nitrogens with zero attached hydrogens (tertiary/aromatic N) is 3. The van der Waals surface area contributed by atoms with Crippen molar-refractivity contribution >= 4 is 34.1 Å². The number of carbonyl (C=O) groups is 1. The summed E-state index contributed by atoms with van der Waals surface area (Å²) in [6.45, 7) is 1.54. The van der Waals surface area contributed by atoms with E-state index in [4.69, 9.17) is 5.84 Å².